The molecule has 35 heavy (non-hydrogen) atoms. The Morgan fingerprint density at radius 1 is 1.17 bits per heavy atom. The third-order valence-corrected chi connectivity index (χ3v) is 5.49. The molecular weight excluding hydrogens is 473 g/mol. The maximum atomic E-state index is 14.0. The molecule has 0 unspecified atom stereocenters. The number of aryl methyl sites for hydroxylation is 1. The molecule has 1 N–H and O–H groups in total. The minimum Gasteiger partial charge on any atom is -0.325 e. The van der Waals surface area contributed by atoms with E-state index in [2.05, 4.69) is 10.4 Å². The molecule has 4 rings (SSSR count). The van der Waals surface area contributed by atoms with Gasteiger partial charge in [0.25, 0.3) is 5.91 Å². The van der Waals surface area contributed by atoms with Crippen LogP contribution in [-0.2, 0) is 11.8 Å². The minimum absolute atomic E-state index is 0.00177. The van der Waals surface area contributed by atoms with Crippen LogP contribution in [0.2, 0.25) is 0 Å². The molecule has 2 aromatic carbocycles. The van der Waals surface area contributed by atoms with Crippen molar-refractivity contribution in [3.05, 3.63) is 82.7 Å². The molecule has 2 amide bonds. The second-order valence-corrected chi connectivity index (χ2v) is 7.98. The molecule has 0 saturated heterocycles. The van der Waals surface area contributed by atoms with Gasteiger partial charge in [0.15, 0.2) is 0 Å². The van der Waals surface area contributed by atoms with Gasteiger partial charge in [-0.2, -0.15) is 23.5 Å². The van der Waals surface area contributed by atoms with E-state index in [0.29, 0.717) is 4.90 Å². The number of halogens is 5. The number of amides is 2. The number of anilines is 1. The summed E-state index contributed by atoms with van der Waals surface area (Å²) in [6.07, 6.45) is -2.23. The lowest BCUT2D eigenvalue weighted by molar-refractivity contribution is -0.148. The van der Waals surface area contributed by atoms with Gasteiger partial charge in [0.05, 0.1) is 29.8 Å². The Morgan fingerprint density at radius 2 is 1.91 bits per heavy atom. The zero-order valence-corrected chi connectivity index (χ0v) is 18.0. The fourth-order valence-electron chi connectivity index (χ4n) is 4.18. The molecule has 0 aliphatic carbocycles. The van der Waals surface area contributed by atoms with Crippen LogP contribution < -0.4 is 5.32 Å². The molecule has 0 saturated carbocycles. The van der Waals surface area contributed by atoms with Gasteiger partial charge < -0.3 is 10.2 Å². The smallest absolute Gasteiger partial charge is 0.325 e. The van der Waals surface area contributed by atoms with E-state index in [9.17, 15) is 31.5 Å². The Balaban J connectivity index is 1.87. The monoisotopic (exact) mass is 489 g/mol. The normalized spacial score (nSPS) is 17.6. The molecule has 0 fully saturated rings. The molecule has 3 aromatic rings. The second kappa shape index (κ2) is 8.83. The number of rotatable bonds is 4. The largest absolute Gasteiger partial charge is 0.406 e. The van der Waals surface area contributed by atoms with Crippen LogP contribution in [0.25, 0.3) is 0 Å². The Kier molecular flexibility index (Phi) is 6.02. The van der Waals surface area contributed by atoms with Gasteiger partial charge in [-0.1, -0.05) is 6.07 Å². The molecule has 0 spiro atoms. The summed E-state index contributed by atoms with van der Waals surface area (Å²) in [5.41, 5.74) is -0.467. The van der Waals surface area contributed by atoms with Gasteiger partial charge in [0, 0.05) is 30.1 Å². The summed E-state index contributed by atoms with van der Waals surface area (Å²) in [7, 11) is 1.51. The van der Waals surface area contributed by atoms with Crippen LogP contribution >= 0.6 is 0 Å². The predicted molar refractivity (Wildman–Crippen MR) is 112 cm³/mol. The third kappa shape index (κ3) is 4.84. The van der Waals surface area contributed by atoms with E-state index in [0.717, 1.165) is 30.3 Å². The Morgan fingerprint density at radius 3 is 2.54 bits per heavy atom. The number of aromatic nitrogens is 2. The number of nitrogens with zero attached hydrogens (tertiary/aromatic N) is 4. The van der Waals surface area contributed by atoms with Crippen molar-refractivity contribution in [2.45, 2.75) is 18.1 Å². The zero-order valence-electron chi connectivity index (χ0n) is 18.0. The number of fused-ring (bicyclic) bond motifs is 1. The average molecular weight is 489 g/mol. The Hall–Kier alpha value is -4.27. The highest BCUT2D eigenvalue weighted by Gasteiger charge is 2.48. The summed E-state index contributed by atoms with van der Waals surface area (Å²) in [5, 5.41) is 15.4. The highest BCUT2D eigenvalue weighted by molar-refractivity contribution is 6.04. The highest BCUT2D eigenvalue weighted by Crippen LogP contribution is 2.44. The van der Waals surface area contributed by atoms with E-state index < -0.39 is 53.7 Å². The third-order valence-electron chi connectivity index (χ3n) is 5.49. The number of benzene rings is 2. The van der Waals surface area contributed by atoms with E-state index in [1.807, 2.05) is 0 Å². The minimum atomic E-state index is -4.83. The van der Waals surface area contributed by atoms with Crippen molar-refractivity contribution in [2.24, 2.45) is 7.05 Å². The summed E-state index contributed by atoms with van der Waals surface area (Å²) in [5.74, 6) is -5.12. The molecule has 1 aliphatic heterocycles. The van der Waals surface area contributed by atoms with Gasteiger partial charge in [-0.05, 0) is 35.9 Å². The molecule has 7 nitrogen and oxygen atoms in total. The van der Waals surface area contributed by atoms with Crippen LogP contribution in [0.3, 0.4) is 0 Å². The van der Waals surface area contributed by atoms with Crippen molar-refractivity contribution in [3.8, 4) is 6.07 Å². The van der Waals surface area contributed by atoms with E-state index in [1.54, 1.807) is 6.07 Å². The second-order valence-electron chi connectivity index (χ2n) is 7.98. The van der Waals surface area contributed by atoms with E-state index in [4.69, 9.17) is 5.26 Å². The number of nitriles is 1. The molecule has 1 aromatic heterocycles. The number of alkyl halides is 3. The molecule has 0 radical (unpaired) electrons. The van der Waals surface area contributed by atoms with Crippen molar-refractivity contribution in [1.82, 2.24) is 14.7 Å². The van der Waals surface area contributed by atoms with E-state index in [-0.39, 0.29) is 22.4 Å². The molecule has 12 heteroatoms. The number of carbonyl (C=O) groups is 2. The van der Waals surface area contributed by atoms with E-state index in [1.165, 1.54) is 30.2 Å². The highest BCUT2D eigenvalue weighted by atomic mass is 19.4. The summed E-state index contributed by atoms with van der Waals surface area (Å²) < 4.78 is 69.7. The first-order chi connectivity index (χ1) is 16.5. The summed E-state index contributed by atoms with van der Waals surface area (Å²) in [6, 6.07) is 6.27. The summed E-state index contributed by atoms with van der Waals surface area (Å²) in [6.45, 7) is -1.70. The topological polar surface area (TPSA) is 91.0 Å². The predicted octanol–water partition coefficient (Wildman–Crippen LogP) is 4.05. The molecule has 2 heterocycles. The van der Waals surface area contributed by atoms with Gasteiger partial charge in [0.1, 0.15) is 18.2 Å². The molecule has 1 aliphatic rings. The SMILES string of the molecule is Cn1cc([C@H]2[C@H](C(=O)Nc3cc(F)cc(C#N)c3)c3ccc(F)cc3C(=O)N2CC(F)(F)F)cn1. The molecular formula is C23H16F5N5O2. The Labute approximate surface area is 195 Å². The van der Waals surface area contributed by atoms with Crippen LogP contribution in [0.5, 0.6) is 0 Å². The van der Waals surface area contributed by atoms with Crippen LogP contribution in [-0.4, -0.2) is 39.2 Å². The number of nitrogens with one attached hydrogen (secondary N) is 1. The molecule has 180 valence electrons. The fourth-order valence-corrected chi connectivity index (χ4v) is 4.18. The lowest BCUT2D eigenvalue weighted by Crippen LogP contribution is -2.49. The first kappa shape index (κ1) is 23.9. The quantitative estimate of drug-likeness (QED) is 0.560. The van der Waals surface area contributed by atoms with Crippen molar-refractivity contribution >= 4 is 17.5 Å². The van der Waals surface area contributed by atoms with Gasteiger partial charge in [-0.25, -0.2) is 8.78 Å². The summed E-state index contributed by atoms with van der Waals surface area (Å²) >= 11 is 0. The molecule has 2 atom stereocenters. The van der Waals surface area contributed by atoms with Gasteiger partial charge in [0.2, 0.25) is 5.91 Å². The summed E-state index contributed by atoms with van der Waals surface area (Å²) in [4.78, 5) is 27.0. The van der Waals surface area contributed by atoms with Crippen molar-refractivity contribution in [3.63, 3.8) is 0 Å². The zero-order chi connectivity index (χ0) is 25.5. The van der Waals surface area contributed by atoms with Crippen LogP contribution in [0.1, 0.15) is 39.0 Å². The molecule has 0 bridgehead atoms. The van der Waals surface area contributed by atoms with Crippen LogP contribution in [0.4, 0.5) is 27.6 Å². The van der Waals surface area contributed by atoms with Crippen LogP contribution in [0, 0.1) is 23.0 Å². The Bertz CT molecular complexity index is 1360. The first-order valence-electron chi connectivity index (χ1n) is 10.1. The van der Waals surface area contributed by atoms with Crippen molar-refractivity contribution in [1.29, 1.82) is 5.26 Å². The van der Waals surface area contributed by atoms with Gasteiger partial charge in [-0.3, -0.25) is 14.3 Å². The first-order valence-corrected chi connectivity index (χ1v) is 10.1. The average Bonchev–Trinajstić information content (AvgIpc) is 3.20. The van der Waals surface area contributed by atoms with Crippen molar-refractivity contribution in [2.75, 3.05) is 11.9 Å². The van der Waals surface area contributed by atoms with Crippen LogP contribution in [0.15, 0.2) is 48.8 Å². The lowest BCUT2D eigenvalue weighted by Gasteiger charge is -2.41. The van der Waals surface area contributed by atoms with E-state index >= 15 is 0 Å². The number of carbonyl (C=O) groups excluding carboxylic acids is 2. The maximum absolute atomic E-state index is 14.0. The lowest BCUT2D eigenvalue weighted by atomic mass is 9.79. The standard InChI is InChI=1S/C23H16F5N5O2/c1-32-10-13(9-30-32)20-19(21(34)31-16-5-12(8-29)4-15(25)6-16)17-3-2-14(24)7-18(17)22(35)33(20)11-23(26,27)28/h2-7,9-10,19-20H,11H2,1H3,(H,31,34)/t19-,20+/m1/s1. The number of hydrogen-bond acceptors (Lipinski definition) is 4. The van der Waals surface area contributed by atoms with Gasteiger partial charge >= 0.3 is 6.18 Å². The van der Waals surface area contributed by atoms with Crippen molar-refractivity contribution < 1.29 is 31.5 Å². The van der Waals surface area contributed by atoms with Gasteiger partial charge in [-0.15, -0.1) is 0 Å². The number of hydrogen-bond donors (Lipinski definition) is 1. The maximum Gasteiger partial charge on any atom is 0.406 e. The fraction of sp³-hybridized carbons (Fsp3) is 0.217.